The highest BCUT2D eigenvalue weighted by molar-refractivity contribution is 5.68. The molecule has 0 aromatic rings. The monoisotopic (exact) mass is 183 g/mol. The molecule has 1 spiro atoms. The van der Waals surface area contributed by atoms with E-state index in [4.69, 9.17) is 4.74 Å². The fourth-order valence-corrected chi connectivity index (χ4v) is 2.33. The summed E-state index contributed by atoms with van der Waals surface area (Å²) in [6.45, 7) is 5.25. The molecule has 3 nitrogen and oxygen atoms in total. The van der Waals surface area contributed by atoms with Crippen LogP contribution in [0.4, 0.5) is 4.79 Å². The minimum Gasteiger partial charge on any atom is -0.443 e. The second-order valence-corrected chi connectivity index (χ2v) is 4.66. The van der Waals surface area contributed by atoms with Crippen molar-refractivity contribution in [2.45, 2.75) is 38.7 Å². The van der Waals surface area contributed by atoms with Crippen molar-refractivity contribution in [1.82, 2.24) is 5.32 Å². The summed E-state index contributed by atoms with van der Waals surface area (Å²) in [6.07, 6.45) is 2.89. The molecule has 3 heteroatoms. The van der Waals surface area contributed by atoms with Gasteiger partial charge in [-0.2, -0.15) is 0 Å². The van der Waals surface area contributed by atoms with Gasteiger partial charge in [0.25, 0.3) is 0 Å². The maximum atomic E-state index is 11.0. The van der Waals surface area contributed by atoms with Crippen LogP contribution in [0, 0.1) is 11.8 Å². The summed E-state index contributed by atoms with van der Waals surface area (Å²) in [4.78, 5) is 11.0. The first-order valence-corrected chi connectivity index (χ1v) is 5.08. The summed E-state index contributed by atoms with van der Waals surface area (Å²) in [5.41, 5.74) is -0.0860. The lowest BCUT2D eigenvalue weighted by atomic mass is 9.64. The maximum Gasteiger partial charge on any atom is 0.407 e. The van der Waals surface area contributed by atoms with Gasteiger partial charge in [0, 0.05) is 13.0 Å². The molecule has 2 aliphatic rings. The Morgan fingerprint density at radius 3 is 2.77 bits per heavy atom. The molecule has 1 amide bonds. The van der Waals surface area contributed by atoms with Gasteiger partial charge >= 0.3 is 6.09 Å². The van der Waals surface area contributed by atoms with Crippen LogP contribution in [0.15, 0.2) is 0 Å². The Morgan fingerprint density at radius 2 is 2.23 bits per heavy atom. The van der Waals surface area contributed by atoms with Crippen molar-refractivity contribution in [3.63, 3.8) is 0 Å². The lowest BCUT2D eigenvalue weighted by molar-refractivity contribution is -0.110. The molecule has 1 N–H and O–H groups in total. The number of carbonyl (C=O) groups is 1. The SMILES string of the molecule is CC(C)C1CC2(CCNC(=O)O2)C1. The molecule has 0 aromatic heterocycles. The normalized spacial score (nSPS) is 38.4. The lowest BCUT2D eigenvalue weighted by Gasteiger charge is -2.50. The number of carbonyl (C=O) groups excluding carboxylic acids is 1. The lowest BCUT2D eigenvalue weighted by Crippen LogP contribution is -2.55. The number of hydrogen-bond acceptors (Lipinski definition) is 2. The van der Waals surface area contributed by atoms with E-state index in [-0.39, 0.29) is 11.7 Å². The van der Waals surface area contributed by atoms with Gasteiger partial charge in [-0.25, -0.2) is 4.79 Å². The summed E-state index contributed by atoms with van der Waals surface area (Å²) in [7, 11) is 0. The van der Waals surface area contributed by atoms with Crippen LogP contribution < -0.4 is 5.32 Å². The predicted molar refractivity (Wildman–Crippen MR) is 49.4 cm³/mol. The Balaban J connectivity index is 1.91. The number of alkyl carbamates (subject to hydrolysis) is 1. The molecule has 0 unspecified atom stereocenters. The van der Waals surface area contributed by atoms with Crippen molar-refractivity contribution >= 4 is 6.09 Å². The summed E-state index contributed by atoms with van der Waals surface area (Å²) < 4.78 is 5.34. The molecule has 1 aliphatic heterocycles. The van der Waals surface area contributed by atoms with Gasteiger partial charge in [-0.15, -0.1) is 0 Å². The third kappa shape index (κ3) is 1.52. The Morgan fingerprint density at radius 1 is 1.54 bits per heavy atom. The van der Waals surface area contributed by atoms with Crippen molar-refractivity contribution in [2.24, 2.45) is 11.8 Å². The fraction of sp³-hybridized carbons (Fsp3) is 0.900. The number of rotatable bonds is 1. The summed E-state index contributed by atoms with van der Waals surface area (Å²) in [5.74, 6) is 1.48. The van der Waals surface area contributed by atoms with Crippen LogP contribution in [0.2, 0.25) is 0 Å². The molecule has 13 heavy (non-hydrogen) atoms. The second-order valence-electron chi connectivity index (χ2n) is 4.66. The highest BCUT2D eigenvalue weighted by Gasteiger charge is 2.49. The van der Waals surface area contributed by atoms with Crippen LogP contribution in [0.25, 0.3) is 0 Å². The molecular formula is C10H17NO2. The second kappa shape index (κ2) is 2.89. The van der Waals surface area contributed by atoms with Gasteiger partial charge in [0.2, 0.25) is 0 Å². The van der Waals surface area contributed by atoms with Crippen molar-refractivity contribution in [3.8, 4) is 0 Å². The van der Waals surface area contributed by atoms with Crippen LogP contribution in [-0.2, 0) is 4.74 Å². The quantitative estimate of drug-likeness (QED) is 0.674. The minimum absolute atomic E-state index is 0.0860. The zero-order chi connectivity index (χ0) is 9.47. The topological polar surface area (TPSA) is 38.3 Å². The highest BCUT2D eigenvalue weighted by Crippen LogP contribution is 2.47. The first-order valence-electron chi connectivity index (χ1n) is 5.08. The number of hydrogen-bond donors (Lipinski definition) is 1. The Labute approximate surface area is 78.8 Å². The maximum absolute atomic E-state index is 11.0. The van der Waals surface area contributed by atoms with Crippen molar-refractivity contribution < 1.29 is 9.53 Å². The Hall–Kier alpha value is -0.730. The van der Waals surface area contributed by atoms with Gasteiger partial charge in [-0.3, -0.25) is 0 Å². The van der Waals surface area contributed by atoms with E-state index in [1.54, 1.807) is 0 Å². The molecule has 0 radical (unpaired) electrons. The fourth-order valence-electron chi connectivity index (χ4n) is 2.33. The van der Waals surface area contributed by atoms with Crippen LogP contribution in [0.5, 0.6) is 0 Å². The van der Waals surface area contributed by atoms with E-state index in [2.05, 4.69) is 19.2 Å². The van der Waals surface area contributed by atoms with Crippen molar-refractivity contribution in [2.75, 3.05) is 6.54 Å². The van der Waals surface area contributed by atoms with E-state index in [1.807, 2.05) is 0 Å². The van der Waals surface area contributed by atoms with Crippen LogP contribution >= 0.6 is 0 Å². The Kier molecular flexibility index (Phi) is 1.97. The number of nitrogens with one attached hydrogen (secondary N) is 1. The van der Waals surface area contributed by atoms with E-state index < -0.39 is 0 Å². The van der Waals surface area contributed by atoms with E-state index in [0.717, 1.165) is 37.6 Å². The molecule has 0 bridgehead atoms. The van der Waals surface area contributed by atoms with Crippen molar-refractivity contribution in [3.05, 3.63) is 0 Å². The van der Waals surface area contributed by atoms with Crippen LogP contribution in [0.1, 0.15) is 33.1 Å². The molecule has 1 saturated carbocycles. The minimum atomic E-state index is -0.228. The molecule has 1 aliphatic carbocycles. The van der Waals surface area contributed by atoms with E-state index in [1.165, 1.54) is 0 Å². The van der Waals surface area contributed by atoms with E-state index in [9.17, 15) is 4.79 Å². The molecular weight excluding hydrogens is 166 g/mol. The largest absolute Gasteiger partial charge is 0.443 e. The third-order valence-corrected chi connectivity index (χ3v) is 3.37. The molecule has 0 aromatic carbocycles. The van der Waals surface area contributed by atoms with E-state index >= 15 is 0 Å². The number of amides is 1. The highest BCUT2D eigenvalue weighted by atomic mass is 16.6. The first-order chi connectivity index (χ1) is 6.11. The smallest absolute Gasteiger partial charge is 0.407 e. The van der Waals surface area contributed by atoms with E-state index in [0.29, 0.717) is 0 Å². The van der Waals surface area contributed by atoms with Gasteiger partial charge in [-0.05, 0) is 24.7 Å². The summed E-state index contributed by atoms with van der Waals surface area (Å²) >= 11 is 0. The molecule has 1 saturated heterocycles. The average molecular weight is 183 g/mol. The average Bonchev–Trinajstić information content (AvgIpc) is 1.99. The van der Waals surface area contributed by atoms with Gasteiger partial charge < -0.3 is 10.1 Å². The van der Waals surface area contributed by atoms with Crippen LogP contribution in [0.3, 0.4) is 0 Å². The molecule has 2 fully saturated rings. The van der Waals surface area contributed by atoms with Gasteiger partial charge in [0.15, 0.2) is 0 Å². The Bertz CT molecular complexity index is 219. The first kappa shape index (κ1) is 8.85. The molecule has 74 valence electrons. The number of ether oxygens (including phenoxy) is 1. The zero-order valence-corrected chi connectivity index (χ0v) is 8.30. The predicted octanol–water partition coefficient (Wildman–Crippen LogP) is 1.92. The molecule has 0 atom stereocenters. The van der Waals surface area contributed by atoms with Crippen LogP contribution in [-0.4, -0.2) is 18.2 Å². The standard InChI is InChI=1S/C10H17NO2/c1-7(2)8-5-10(6-8)3-4-11-9(12)13-10/h7-8H,3-6H2,1-2H3,(H,11,12). The summed E-state index contributed by atoms with van der Waals surface area (Å²) in [6, 6.07) is 0. The van der Waals surface area contributed by atoms with Gasteiger partial charge in [-0.1, -0.05) is 13.8 Å². The molecule has 1 heterocycles. The molecule has 2 rings (SSSR count). The zero-order valence-electron chi connectivity index (χ0n) is 8.30. The third-order valence-electron chi connectivity index (χ3n) is 3.37. The summed E-state index contributed by atoms with van der Waals surface area (Å²) in [5, 5.41) is 2.69. The van der Waals surface area contributed by atoms with Gasteiger partial charge in [0.05, 0.1) is 0 Å². The van der Waals surface area contributed by atoms with Crippen molar-refractivity contribution in [1.29, 1.82) is 0 Å². The van der Waals surface area contributed by atoms with Gasteiger partial charge in [0.1, 0.15) is 5.60 Å².